The zero-order chi connectivity index (χ0) is 12.8. The highest BCUT2D eigenvalue weighted by molar-refractivity contribution is 14.1. The van der Waals surface area contributed by atoms with Gasteiger partial charge in [-0.2, -0.15) is 0 Å². The summed E-state index contributed by atoms with van der Waals surface area (Å²) in [6, 6.07) is 4.91. The molecule has 1 unspecified atom stereocenters. The molecule has 1 N–H and O–H groups in total. The maximum absolute atomic E-state index is 10.8. The minimum absolute atomic E-state index is 0.116. The smallest absolute Gasteiger partial charge is 0.282 e. The zero-order valence-electron chi connectivity index (χ0n) is 9.31. The molecular weight excluding hydrogens is 355 g/mol. The van der Waals surface area contributed by atoms with Crippen LogP contribution in [0.2, 0.25) is 0 Å². The average Bonchev–Trinajstić information content (AvgIpc) is 2.23. The van der Waals surface area contributed by atoms with Crippen molar-refractivity contribution in [2.24, 2.45) is 0 Å². The van der Waals surface area contributed by atoms with E-state index in [1.807, 2.05) is 22.6 Å². The normalized spacial score (nSPS) is 12.1. The van der Waals surface area contributed by atoms with Crippen LogP contribution < -0.4 is 5.32 Å². The van der Waals surface area contributed by atoms with Crippen LogP contribution in [0.4, 0.5) is 11.4 Å². The largest absolute Gasteiger partial charge is 0.385 e. The van der Waals surface area contributed by atoms with E-state index < -0.39 is 15.7 Å². The number of nitro benzene ring substituents is 1. The van der Waals surface area contributed by atoms with Gasteiger partial charge in [-0.3, -0.25) is 14.3 Å². The first kappa shape index (κ1) is 14.4. The number of hydrogen-bond acceptors (Lipinski definition) is 4. The number of nitrogens with one attached hydrogen (secondary N) is 1. The Kier molecular flexibility index (Phi) is 5.83. The van der Waals surface area contributed by atoms with Crippen molar-refractivity contribution in [3.8, 4) is 0 Å². The molecular formula is C10H13IN2O3S. The van der Waals surface area contributed by atoms with Crippen LogP contribution >= 0.6 is 22.6 Å². The molecule has 7 heteroatoms. The minimum atomic E-state index is -0.768. The van der Waals surface area contributed by atoms with E-state index in [1.54, 1.807) is 18.4 Å². The Bertz CT molecular complexity index is 440. The van der Waals surface area contributed by atoms with Gasteiger partial charge in [0.1, 0.15) is 0 Å². The van der Waals surface area contributed by atoms with E-state index in [-0.39, 0.29) is 5.69 Å². The van der Waals surface area contributed by atoms with Gasteiger partial charge in [0.2, 0.25) is 0 Å². The highest BCUT2D eigenvalue weighted by Crippen LogP contribution is 2.23. The van der Waals surface area contributed by atoms with Crippen molar-refractivity contribution in [2.45, 2.75) is 6.42 Å². The van der Waals surface area contributed by atoms with Crippen molar-refractivity contribution in [3.63, 3.8) is 0 Å². The van der Waals surface area contributed by atoms with Gasteiger partial charge >= 0.3 is 0 Å². The number of nitro groups is 1. The van der Waals surface area contributed by atoms with Crippen molar-refractivity contribution in [1.29, 1.82) is 0 Å². The van der Waals surface area contributed by atoms with Gasteiger partial charge in [0.15, 0.2) is 0 Å². The number of halogens is 1. The maximum atomic E-state index is 10.8. The Morgan fingerprint density at radius 1 is 1.53 bits per heavy atom. The highest BCUT2D eigenvalue weighted by Gasteiger charge is 2.10. The zero-order valence-corrected chi connectivity index (χ0v) is 12.3. The lowest BCUT2D eigenvalue weighted by atomic mass is 10.3. The Hall–Kier alpha value is -0.700. The molecule has 0 heterocycles. The van der Waals surface area contributed by atoms with E-state index in [0.29, 0.717) is 15.9 Å². The van der Waals surface area contributed by atoms with Crippen LogP contribution in [0.15, 0.2) is 18.2 Å². The summed E-state index contributed by atoms with van der Waals surface area (Å²) >= 11 is 1.94. The molecule has 0 spiro atoms. The van der Waals surface area contributed by atoms with Gasteiger partial charge in [-0.05, 0) is 41.1 Å². The summed E-state index contributed by atoms with van der Waals surface area (Å²) in [5.74, 6) is 0.664. The molecule has 5 nitrogen and oxygen atoms in total. The first-order valence-corrected chi connectivity index (χ1v) is 7.79. The molecule has 0 amide bonds. The van der Waals surface area contributed by atoms with E-state index in [0.717, 1.165) is 12.1 Å². The third-order valence-electron chi connectivity index (χ3n) is 2.08. The van der Waals surface area contributed by atoms with E-state index in [9.17, 15) is 14.3 Å². The summed E-state index contributed by atoms with van der Waals surface area (Å²) in [7, 11) is -0.768. The van der Waals surface area contributed by atoms with E-state index in [2.05, 4.69) is 5.32 Å². The maximum Gasteiger partial charge on any atom is 0.282 e. The second-order valence-electron chi connectivity index (χ2n) is 3.48. The van der Waals surface area contributed by atoms with Gasteiger partial charge in [-0.15, -0.1) is 0 Å². The second kappa shape index (κ2) is 6.90. The number of nitrogens with zero attached hydrogens (tertiary/aromatic N) is 1. The summed E-state index contributed by atoms with van der Waals surface area (Å²) < 4.78 is 11.4. The lowest BCUT2D eigenvalue weighted by Gasteiger charge is -2.06. The number of anilines is 1. The van der Waals surface area contributed by atoms with E-state index in [1.165, 1.54) is 6.07 Å². The second-order valence-corrected chi connectivity index (χ2v) is 6.20. The van der Waals surface area contributed by atoms with E-state index >= 15 is 0 Å². The van der Waals surface area contributed by atoms with Gasteiger partial charge in [0.25, 0.3) is 5.69 Å². The van der Waals surface area contributed by atoms with Crippen LogP contribution in [-0.4, -0.2) is 27.7 Å². The van der Waals surface area contributed by atoms with Crippen molar-refractivity contribution in [3.05, 3.63) is 31.9 Å². The Labute approximate surface area is 116 Å². The lowest BCUT2D eigenvalue weighted by molar-refractivity contribution is -0.385. The van der Waals surface area contributed by atoms with Gasteiger partial charge in [0, 0.05) is 41.1 Å². The summed E-state index contributed by atoms with van der Waals surface area (Å²) in [6.07, 6.45) is 2.49. The van der Waals surface area contributed by atoms with Crippen LogP contribution in [0.3, 0.4) is 0 Å². The predicted octanol–water partition coefficient (Wildman–Crippen LogP) is 2.38. The molecule has 0 aromatic heterocycles. The molecule has 0 bridgehead atoms. The average molecular weight is 368 g/mol. The Morgan fingerprint density at radius 3 is 2.76 bits per heavy atom. The fraction of sp³-hybridized carbons (Fsp3) is 0.400. The monoisotopic (exact) mass is 368 g/mol. The first-order valence-electron chi connectivity index (χ1n) is 4.98. The molecule has 1 atom stereocenters. The molecule has 0 saturated carbocycles. The number of rotatable bonds is 6. The summed E-state index contributed by atoms with van der Waals surface area (Å²) in [6.45, 7) is 0.716. The van der Waals surface area contributed by atoms with E-state index in [4.69, 9.17) is 0 Å². The van der Waals surface area contributed by atoms with Gasteiger partial charge in [0.05, 0.1) is 8.49 Å². The SMILES string of the molecule is CS(=O)CCCNc1ccc([N+](=O)[O-])c(I)c1. The Balaban J connectivity index is 2.53. The topological polar surface area (TPSA) is 72.2 Å². The highest BCUT2D eigenvalue weighted by atomic mass is 127. The quantitative estimate of drug-likeness (QED) is 0.362. The van der Waals surface area contributed by atoms with Crippen LogP contribution in [0.25, 0.3) is 0 Å². The van der Waals surface area contributed by atoms with Crippen molar-refractivity contribution < 1.29 is 9.13 Å². The number of benzene rings is 1. The van der Waals surface area contributed by atoms with Gasteiger partial charge in [-0.25, -0.2) is 0 Å². The molecule has 0 aliphatic heterocycles. The summed E-state index contributed by atoms with van der Waals surface area (Å²) in [5.41, 5.74) is 0.965. The van der Waals surface area contributed by atoms with Gasteiger partial charge in [-0.1, -0.05) is 0 Å². The molecule has 1 rings (SSSR count). The van der Waals surface area contributed by atoms with Crippen molar-refractivity contribution >= 4 is 44.8 Å². The van der Waals surface area contributed by atoms with Crippen LogP contribution in [0, 0.1) is 13.7 Å². The lowest BCUT2D eigenvalue weighted by Crippen LogP contribution is -2.06. The molecule has 0 aliphatic rings. The van der Waals surface area contributed by atoms with Crippen LogP contribution in [0.5, 0.6) is 0 Å². The van der Waals surface area contributed by atoms with Crippen LogP contribution in [0.1, 0.15) is 6.42 Å². The van der Waals surface area contributed by atoms with Gasteiger partial charge < -0.3 is 5.32 Å². The fourth-order valence-electron chi connectivity index (χ4n) is 1.27. The predicted molar refractivity (Wildman–Crippen MR) is 77.9 cm³/mol. The molecule has 0 radical (unpaired) electrons. The van der Waals surface area contributed by atoms with Crippen molar-refractivity contribution in [2.75, 3.05) is 23.9 Å². The summed E-state index contributed by atoms with van der Waals surface area (Å²) in [4.78, 5) is 10.2. The standard InChI is InChI=1S/C10H13IN2O3S/c1-17(16)6-2-5-12-8-3-4-10(13(14)15)9(11)7-8/h3-4,7,12H,2,5-6H2,1H3. The molecule has 1 aromatic carbocycles. The third kappa shape index (κ3) is 4.99. The molecule has 0 aliphatic carbocycles. The molecule has 1 aromatic rings. The third-order valence-corrected chi connectivity index (χ3v) is 3.81. The molecule has 94 valence electrons. The van der Waals surface area contributed by atoms with Crippen LogP contribution in [-0.2, 0) is 10.8 Å². The molecule has 17 heavy (non-hydrogen) atoms. The molecule has 0 saturated heterocycles. The fourth-order valence-corrected chi connectivity index (χ4v) is 2.54. The summed E-state index contributed by atoms with van der Waals surface area (Å²) in [5, 5.41) is 13.8. The first-order chi connectivity index (χ1) is 8.00. The molecule has 0 fully saturated rings. The number of hydrogen-bond donors (Lipinski definition) is 1. The van der Waals surface area contributed by atoms with Crippen molar-refractivity contribution in [1.82, 2.24) is 0 Å². The minimum Gasteiger partial charge on any atom is -0.385 e. The Morgan fingerprint density at radius 2 is 2.24 bits per heavy atom.